The number of fused-ring (bicyclic) bond motifs is 2. The van der Waals surface area contributed by atoms with Crippen molar-refractivity contribution in [1.82, 2.24) is 4.90 Å². The first-order valence-electron chi connectivity index (χ1n) is 6.37. The van der Waals surface area contributed by atoms with Crippen LogP contribution in [0.15, 0.2) is 11.6 Å². The summed E-state index contributed by atoms with van der Waals surface area (Å²) in [4.78, 5) is 13.8. The van der Waals surface area contributed by atoms with Gasteiger partial charge in [-0.2, -0.15) is 0 Å². The molecule has 0 aromatic carbocycles. The quantitative estimate of drug-likeness (QED) is 0.539. The molecule has 2 heterocycles. The van der Waals surface area contributed by atoms with E-state index in [-0.39, 0.29) is 12.1 Å². The summed E-state index contributed by atoms with van der Waals surface area (Å²) < 4.78 is 5.40. The van der Waals surface area contributed by atoms with Gasteiger partial charge in [-0.15, -0.1) is 0 Å². The van der Waals surface area contributed by atoms with E-state index in [0.717, 1.165) is 0 Å². The number of piperidine rings is 1. The zero-order valence-electron chi connectivity index (χ0n) is 11.0. The first-order valence-corrected chi connectivity index (χ1v) is 6.37. The Morgan fingerprint density at radius 2 is 1.94 bits per heavy atom. The Hall–Kier alpha value is -0.910. The maximum atomic E-state index is 11.8. The van der Waals surface area contributed by atoms with Gasteiger partial charge in [0.2, 0.25) is 0 Å². The summed E-state index contributed by atoms with van der Waals surface area (Å²) in [5.41, 5.74) is 0.534. The molecule has 2 aliphatic heterocycles. The standard InChI is InChI=1S/C13H21NO4/c1-4-7(2)13(17)18-12-10-6-8(15)5-9(11(12)16)14(10)3/h4,8-12,15-16H,5-6H2,1-3H3/b7-4-/t8-,9-,10+,11-,12+/m1/s1. The summed E-state index contributed by atoms with van der Waals surface area (Å²) >= 11 is 0. The van der Waals surface area contributed by atoms with Crippen LogP contribution >= 0.6 is 0 Å². The third-order valence-corrected chi connectivity index (χ3v) is 4.18. The highest BCUT2D eigenvalue weighted by Gasteiger charge is 2.52. The van der Waals surface area contributed by atoms with E-state index in [1.165, 1.54) is 0 Å². The number of nitrogens with zero attached hydrogens (tertiary/aromatic N) is 1. The topological polar surface area (TPSA) is 70.0 Å². The third kappa shape index (κ3) is 2.18. The fourth-order valence-corrected chi connectivity index (χ4v) is 2.91. The number of ether oxygens (including phenoxy) is 1. The van der Waals surface area contributed by atoms with Crippen LogP contribution in [0.4, 0.5) is 0 Å². The molecule has 2 rings (SSSR count). The Morgan fingerprint density at radius 3 is 2.56 bits per heavy atom. The van der Waals surface area contributed by atoms with Crippen LogP contribution in [0.2, 0.25) is 0 Å². The molecule has 5 nitrogen and oxygen atoms in total. The Balaban J connectivity index is 2.12. The molecule has 2 fully saturated rings. The molecule has 5 atom stereocenters. The summed E-state index contributed by atoms with van der Waals surface area (Å²) in [7, 11) is 1.90. The minimum absolute atomic E-state index is 0.0950. The molecule has 2 aliphatic rings. The van der Waals surface area contributed by atoms with Crippen LogP contribution in [0.25, 0.3) is 0 Å². The molecular weight excluding hydrogens is 234 g/mol. The monoisotopic (exact) mass is 255 g/mol. The normalized spacial score (nSPS) is 40.9. The van der Waals surface area contributed by atoms with E-state index in [0.29, 0.717) is 18.4 Å². The van der Waals surface area contributed by atoms with Crippen LogP contribution in [-0.2, 0) is 9.53 Å². The number of aliphatic hydroxyl groups is 2. The highest BCUT2D eigenvalue weighted by Crippen LogP contribution is 2.36. The van der Waals surface area contributed by atoms with Gasteiger partial charge in [0.25, 0.3) is 0 Å². The molecule has 0 radical (unpaired) electrons. The molecular formula is C13H21NO4. The smallest absolute Gasteiger partial charge is 0.333 e. The lowest BCUT2D eigenvalue weighted by atomic mass is 10.0. The predicted octanol–water partition coefficient (Wildman–Crippen LogP) is 0.0626. The zero-order valence-corrected chi connectivity index (χ0v) is 11.0. The number of likely N-dealkylation sites (N-methyl/N-ethyl adjacent to an activating group) is 1. The molecule has 0 unspecified atom stereocenters. The van der Waals surface area contributed by atoms with E-state index in [4.69, 9.17) is 4.74 Å². The van der Waals surface area contributed by atoms with Crippen molar-refractivity contribution >= 4 is 5.97 Å². The minimum Gasteiger partial charge on any atom is -0.455 e. The fraction of sp³-hybridized carbons (Fsp3) is 0.769. The van der Waals surface area contributed by atoms with E-state index >= 15 is 0 Å². The van der Waals surface area contributed by atoms with Crippen LogP contribution in [0.1, 0.15) is 26.7 Å². The van der Waals surface area contributed by atoms with Crippen LogP contribution in [-0.4, -0.2) is 58.5 Å². The summed E-state index contributed by atoms with van der Waals surface area (Å²) in [6.07, 6.45) is 1.08. The van der Waals surface area contributed by atoms with Crippen molar-refractivity contribution in [2.75, 3.05) is 7.05 Å². The van der Waals surface area contributed by atoms with Gasteiger partial charge >= 0.3 is 5.97 Å². The van der Waals surface area contributed by atoms with Gasteiger partial charge in [-0.3, -0.25) is 4.90 Å². The van der Waals surface area contributed by atoms with E-state index in [2.05, 4.69) is 0 Å². The molecule has 0 aromatic heterocycles. The van der Waals surface area contributed by atoms with E-state index < -0.39 is 24.3 Å². The second-order valence-corrected chi connectivity index (χ2v) is 5.26. The van der Waals surface area contributed by atoms with Crippen molar-refractivity contribution in [1.29, 1.82) is 0 Å². The average molecular weight is 255 g/mol. The van der Waals surface area contributed by atoms with Crippen molar-refractivity contribution in [3.8, 4) is 0 Å². The van der Waals surface area contributed by atoms with Gasteiger partial charge in [0.05, 0.1) is 12.1 Å². The molecule has 102 valence electrons. The lowest BCUT2D eigenvalue weighted by molar-refractivity contribution is -0.149. The second kappa shape index (κ2) is 4.99. The van der Waals surface area contributed by atoms with Crippen molar-refractivity contribution < 1.29 is 19.7 Å². The number of hydrogen-bond donors (Lipinski definition) is 2. The number of carbonyl (C=O) groups excluding carboxylic acids is 1. The molecule has 2 bridgehead atoms. The lowest BCUT2D eigenvalue weighted by Gasteiger charge is -2.34. The van der Waals surface area contributed by atoms with Crippen LogP contribution in [0.3, 0.4) is 0 Å². The highest BCUT2D eigenvalue weighted by atomic mass is 16.6. The van der Waals surface area contributed by atoms with Gasteiger partial charge < -0.3 is 14.9 Å². The Bertz CT molecular complexity index is 368. The van der Waals surface area contributed by atoms with E-state index in [9.17, 15) is 15.0 Å². The number of aliphatic hydroxyl groups excluding tert-OH is 2. The third-order valence-electron chi connectivity index (χ3n) is 4.18. The fourth-order valence-electron chi connectivity index (χ4n) is 2.91. The SMILES string of the molecule is C/C=C(/C)C(=O)O[C@@H]1[C@H](O)[C@H]2C[C@@H](O)C[C@@H]1N2C. The van der Waals surface area contributed by atoms with Crippen LogP contribution < -0.4 is 0 Å². The maximum Gasteiger partial charge on any atom is 0.333 e. The van der Waals surface area contributed by atoms with Gasteiger partial charge in [-0.05, 0) is 33.7 Å². The summed E-state index contributed by atoms with van der Waals surface area (Å²) in [5.74, 6) is -0.392. The molecule has 0 amide bonds. The summed E-state index contributed by atoms with van der Waals surface area (Å²) in [6.45, 7) is 3.46. The average Bonchev–Trinajstić information content (AvgIpc) is 2.49. The molecule has 18 heavy (non-hydrogen) atoms. The molecule has 2 saturated heterocycles. The molecule has 0 aromatic rings. The first-order chi connectivity index (χ1) is 8.45. The number of hydrogen-bond acceptors (Lipinski definition) is 5. The number of rotatable bonds is 2. The van der Waals surface area contributed by atoms with Crippen molar-refractivity contribution in [2.24, 2.45) is 0 Å². The Kier molecular flexibility index (Phi) is 3.75. The Morgan fingerprint density at radius 1 is 1.33 bits per heavy atom. The number of allylic oxidation sites excluding steroid dienone is 1. The van der Waals surface area contributed by atoms with Gasteiger partial charge in [-0.1, -0.05) is 6.08 Å². The Labute approximate surface area is 107 Å². The predicted molar refractivity (Wildman–Crippen MR) is 65.9 cm³/mol. The van der Waals surface area contributed by atoms with Gasteiger partial charge in [0.15, 0.2) is 0 Å². The lowest BCUT2D eigenvalue weighted by Crippen LogP contribution is -2.45. The van der Waals surface area contributed by atoms with Crippen molar-refractivity contribution in [3.05, 3.63) is 11.6 Å². The summed E-state index contributed by atoms with van der Waals surface area (Å²) in [5, 5.41) is 19.9. The van der Waals surface area contributed by atoms with Gasteiger partial charge in [0, 0.05) is 11.6 Å². The number of carbonyl (C=O) groups is 1. The maximum absolute atomic E-state index is 11.8. The highest BCUT2D eigenvalue weighted by molar-refractivity contribution is 5.87. The second-order valence-electron chi connectivity index (χ2n) is 5.26. The van der Waals surface area contributed by atoms with Crippen molar-refractivity contribution in [2.45, 2.75) is 57.1 Å². The number of esters is 1. The molecule has 5 heteroatoms. The molecule has 0 spiro atoms. The van der Waals surface area contributed by atoms with Gasteiger partial charge in [0.1, 0.15) is 12.2 Å². The summed E-state index contributed by atoms with van der Waals surface area (Å²) in [6, 6.07) is -0.218. The van der Waals surface area contributed by atoms with E-state index in [1.807, 2.05) is 11.9 Å². The van der Waals surface area contributed by atoms with Gasteiger partial charge in [-0.25, -0.2) is 4.79 Å². The molecule has 0 aliphatic carbocycles. The minimum atomic E-state index is -0.717. The molecule has 0 saturated carbocycles. The van der Waals surface area contributed by atoms with E-state index in [1.54, 1.807) is 19.9 Å². The van der Waals surface area contributed by atoms with Crippen LogP contribution in [0.5, 0.6) is 0 Å². The zero-order chi connectivity index (χ0) is 13.4. The molecule has 2 N–H and O–H groups in total. The van der Waals surface area contributed by atoms with Crippen molar-refractivity contribution in [3.63, 3.8) is 0 Å². The first kappa shape index (κ1) is 13.5. The van der Waals surface area contributed by atoms with Crippen LogP contribution in [0, 0.1) is 0 Å². The largest absolute Gasteiger partial charge is 0.455 e.